The molecule has 0 saturated heterocycles. The predicted octanol–water partition coefficient (Wildman–Crippen LogP) is 1.11. The quantitative estimate of drug-likeness (QED) is 0.516. The molecule has 0 spiro atoms. The van der Waals surface area contributed by atoms with Crippen molar-refractivity contribution >= 4 is 19.7 Å². The molecule has 0 atom stereocenters. The minimum atomic E-state index is -3.30. The van der Waals surface area contributed by atoms with Gasteiger partial charge in [-0.3, -0.25) is 0 Å². The maximum Gasteiger partial charge on any atom is 0.232 e. The van der Waals surface area contributed by atoms with Crippen molar-refractivity contribution in [1.29, 1.82) is 0 Å². The Morgan fingerprint density at radius 2 is 1.64 bits per heavy atom. The smallest absolute Gasteiger partial charge is 0.232 e. The molecule has 0 aromatic rings. The number of unbranched alkanes of at least 4 members (excludes halogenated alkanes) is 3. The second kappa shape index (κ2) is 5.80. The zero-order valence-corrected chi connectivity index (χ0v) is 7.86. The zero-order chi connectivity index (χ0) is 8.74. The molecule has 0 aliphatic heterocycles. The fourth-order valence-corrected chi connectivity index (χ4v) is 1.62. The van der Waals surface area contributed by atoms with Crippen LogP contribution in [0.5, 0.6) is 0 Å². The summed E-state index contributed by atoms with van der Waals surface area (Å²) in [6.45, 7) is 0.174. The third-order valence-corrected chi connectivity index (χ3v) is 2.54. The van der Waals surface area contributed by atoms with Crippen LogP contribution >= 0.6 is 10.7 Å². The standard InChI is InChI=1S/C6H13ClO3S/c7-11(9,10)6-4-2-1-3-5-8/h8H,1-6H2. The first-order valence-electron chi connectivity index (χ1n) is 3.59. The van der Waals surface area contributed by atoms with Gasteiger partial charge < -0.3 is 5.11 Å². The SMILES string of the molecule is O=S(=O)(Cl)CCCCCCO. The highest BCUT2D eigenvalue weighted by Gasteiger charge is 2.02. The second-order valence-electron chi connectivity index (χ2n) is 2.38. The highest BCUT2D eigenvalue weighted by atomic mass is 35.7. The number of aliphatic hydroxyl groups excluding tert-OH is 1. The van der Waals surface area contributed by atoms with E-state index in [2.05, 4.69) is 0 Å². The van der Waals surface area contributed by atoms with Gasteiger partial charge in [-0.1, -0.05) is 12.8 Å². The van der Waals surface area contributed by atoms with Crippen LogP contribution in [0.25, 0.3) is 0 Å². The van der Waals surface area contributed by atoms with E-state index < -0.39 is 9.05 Å². The van der Waals surface area contributed by atoms with Crippen LogP contribution in [0.3, 0.4) is 0 Å². The van der Waals surface area contributed by atoms with Gasteiger partial charge in [-0.2, -0.15) is 0 Å². The predicted molar refractivity (Wildman–Crippen MR) is 45.2 cm³/mol. The molecule has 0 aliphatic carbocycles. The first-order valence-corrected chi connectivity index (χ1v) is 6.07. The van der Waals surface area contributed by atoms with E-state index in [9.17, 15) is 8.42 Å². The topological polar surface area (TPSA) is 54.4 Å². The lowest BCUT2D eigenvalue weighted by atomic mass is 10.2. The molecule has 0 radical (unpaired) electrons. The molecule has 0 fully saturated rings. The summed E-state index contributed by atoms with van der Waals surface area (Å²) in [4.78, 5) is 0. The molecule has 0 aliphatic rings. The summed E-state index contributed by atoms with van der Waals surface area (Å²) in [6, 6.07) is 0. The molecule has 68 valence electrons. The van der Waals surface area contributed by atoms with Gasteiger partial charge in [0.2, 0.25) is 9.05 Å². The van der Waals surface area contributed by atoms with E-state index in [1.54, 1.807) is 0 Å². The fourth-order valence-electron chi connectivity index (χ4n) is 0.740. The van der Waals surface area contributed by atoms with E-state index in [4.69, 9.17) is 15.8 Å². The summed E-state index contributed by atoms with van der Waals surface area (Å²) < 4.78 is 20.8. The van der Waals surface area contributed by atoms with Crippen molar-refractivity contribution in [1.82, 2.24) is 0 Å². The van der Waals surface area contributed by atoms with Crippen molar-refractivity contribution < 1.29 is 13.5 Å². The molecule has 0 rings (SSSR count). The third-order valence-electron chi connectivity index (χ3n) is 1.30. The van der Waals surface area contributed by atoms with Crippen LogP contribution in [0.15, 0.2) is 0 Å². The minimum absolute atomic E-state index is 0.0417. The van der Waals surface area contributed by atoms with Crippen LogP contribution in [-0.2, 0) is 9.05 Å². The lowest BCUT2D eigenvalue weighted by Crippen LogP contribution is -1.96. The zero-order valence-electron chi connectivity index (χ0n) is 6.29. The Morgan fingerprint density at radius 3 is 2.09 bits per heavy atom. The number of hydrogen-bond acceptors (Lipinski definition) is 3. The van der Waals surface area contributed by atoms with E-state index >= 15 is 0 Å². The van der Waals surface area contributed by atoms with Gasteiger partial charge >= 0.3 is 0 Å². The van der Waals surface area contributed by atoms with Crippen LogP contribution < -0.4 is 0 Å². The number of hydrogen-bond donors (Lipinski definition) is 1. The van der Waals surface area contributed by atoms with Crippen LogP contribution in [0.4, 0.5) is 0 Å². The molecule has 0 aromatic carbocycles. The summed E-state index contributed by atoms with van der Waals surface area (Å²) in [7, 11) is 1.67. The monoisotopic (exact) mass is 200 g/mol. The van der Waals surface area contributed by atoms with Crippen LogP contribution in [0.1, 0.15) is 25.7 Å². The molecule has 0 bridgehead atoms. The largest absolute Gasteiger partial charge is 0.396 e. The van der Waals surface area contributed by atoms with Gasteiger partial charge in [0, 0.05) is 17.3 Å². The highest BCUT2D eigenvalue weighted by Crippen LogP contribution is 2.04. The first kappa shape index (κ1) is 11.2. The van der Waals surface area contributed by atoms with Crippen LogP contribution in [0, 0.1) is 0 Å². The maximum absolute atomic E-state index is 10.4. The summed E-state index contributed by atoms with van der Waals surface area (Å²) in [6.07, 6.45) is 3.00. The lowest BCUT2D eigenvalue weighted by molar-refractivity contribution is 0.283. The average Bonchev–Trinajstić information content (AvgIpc) is 1.85. The Morgan fingerprint density at radius 1 is 1.09 bits per heavy atom. The van der Waals surface area contributed by atoms with Crippen LogP contribution in [-0.4, -0.2) is 25.9 Å². The van der Waals surface area contributed by atoms with Gasteiger partial charge in [-0.05, 0) is 12.8 Å². The number of halogens is 1. The number of aliphatic hydroxyl groups is 1. The number of rotatable bonds is 6. The van der Waals surface area contributed by atoms with Crippen molar-refractivity contribution in [2.75, 3.05) is 12.4 Å². The molecular weight excluding hydrogens is 188 g/mol. The molecule has 0 unspecified atom stereocenters. The Hall–Kier alpha value is 0.200. The minimum Gasteiger partial charge on any atom is -0.396 e. The van der Waals surface area contributed by atoms with Crippen molar-refractivity contribution in [2.24, 2.45) is 0 Å². The van der Waals surface area contributed by atoms with E-state index in [1.165, 1.54) is 0 Å². The van der Waals surface area contributed by atoms with Gasteiger partial charge in [-0.15, -0.1) is 0 Å². The van der Waals surface area contributed by atoms with Gasteiger partial charge in [0.1, 0.15) is 0 Å². The highest BCUT2D eigenvalue weighted by molar-refractivity contribution is 8.13. The molecule has 0 amide bonds. The molecule has 5 heteroatoms. The summed E-state index contributed by atoms with van der Waals surface area (Å²) >= 11 is 0. The first-order chi connectivity index (χ1) is 5.06. The van der Waals surface area contributed by atoms with Crippen molar-refractivity contribution in [3.05, 3.63) is 0 Å². The maximum atomic E-state index is 10.4. The molecule has 0 saturated carbocycles. The van der Waals surface area contributed by atoms with Gasteiger partial charge in [-0.25, -0.2) is 8.42 Å². The van der Waals surface area contributed by atoms with E-state index in [0.29, 0.717) is 6.42 Å². The Bertz CT molecular complexity index is 176. The molecular formula is C6H13ClO3S. The molecule has 0 aromatic heterocycles. The van der Waals surface area contributed by atoms with E-state index in [1.807, 2.05) is 0 Å². The van der Waals surface area contributed by atoms with Gasteiger partial charge in [0.25, 0.3) is 0 Å². The third kappa shape index (κ3) is 10.2. The summed E-state index contributed by atoms with van der Waals surface area (Å²) in [5.74, 6) is 0.0417. The van der Waals surface area contributed by atoms with Crippen LogP contribution in [0.2, 0.25) is 0 Å². The fraction of sp³-hybridized carbons (Fsp3) is 1.00. The van der Waals surface area contributed by atoms with Crippen molar-refractivity contribution in [2.45, 2.75) is 25.7 Å². The Labute approximate surface area is 71.8 Å². The molecule has 3 nitrogen and oxygen atoms in total. The summed E-state index contributed by atoms with van der Waals surface area (Å²) in [5, 5.41) is 8.38. The second-order valence-corrected chi connectivity index (χ2v) is 5.28. The average molecular weight is 201 g/mol. The molecule has 1 N–H and O–H groups in total. The lowest BCUT2D eigenvalue weighted by Gasteiger charge is -1.96. The normalized spacial score (nSPS) is 11.8. The van der Waals surface area contributed by atoms with Crippen molar-refractivity contribution in [3.63, 3.8) is 0 Å². The Balaban J connectivity index is 3.16. The molecule has 0 heterocycles. The summed E-state index contributed by atoms with van der Waals surface area (Å²) in [5.41, 5.74) is 0. The van der Waals surface area contributed by atoms with E-state index in [-0.39, 0.29) is 12.4 Å². The molecule has 11 heavy (non-hydrogen) atoms. The van der Waals surface area contributed by atoms with Gasteiger partial charge in [0.15, 0.2) is 0 Å². The van der Waals surface area contributed by atoms with E-state index in [0.717, 1.165) is 19.3 Å². The van der Waals surface area contributed by atoms with Crippen molar-refractivity contribution in [3.8, 4) is 0 Å². The van der Waals surface area contributed by atoms with Gasteiger partial charge in [0.05, 0.1) is 5.75 Å². The Kier molecular flexibility index (Phi) is 5.91.